The number of hydrogen-bond donors (Lipinski definition) is 3. The van der Waals surface area contributed by atoms with E-state index in [0.29, 0.717) is 36.0 Å². The summed E-state index contributed by atoms with van der Waals surface area (Å²) < 4.78 is 0. The molecule has 8 nitrogen and oxygen atoms in total. The molecule has 0 aliphatic heterocycles. The first-order valence-electron chi connectivity index (χ1n) is 11.7. The van der Waals surface area contributed by atoms with Gasteiger partial charge >= 0.3 is 0 Å². The van der Waals surface area contributed by atoms with Crippen molar-refractivity contribution in [2.24, 2.45) is 0 Å². The van der Waals surface area contributed by atoms with Gasteiger partial charge in [0.1, 0.15) is 12.1 Å². The lowest BCUT2D eigenvalue weighted by molar-refractivity contribution is 0.0947. The molecule has 1 saturated carbocycles. The second-order valence-corrected chi connectivity index (χ2v) is 8.54. The van der Waals surface area contributed by atoms with Crippen LogP contribution in [0.25, 0.3) is 22.2 Å². The summed E-state index contributed by atoms with van der Waals surface area (Å²) in [5.74, 6) is 0.553. The third-order valence-corrected chi connectivity index (χ3v) is 6.05. The first-order chi connectivity index (χ1) is 17.1. The predicted molar refractivity (Wildman–Crippen MR) is 135 cm³/mol. The third-order valence-electron chi connectivity index (χ3n) is 6.05. The first kappa shape index (κ1) is 22.5. The number of pyridine rings is 1. The summed E-state index contributed by atoms with van der Waals surface area (Å²) in [6.07, 6.45) is 6.04. The van der Waals surface area contributed by atoms with Gasteiger partial charge in [-0.1, -0.05) is 30.3 Å². The molecule has 0 atom stereocenters. The van der Waals surface area contributed by atoms with Crippen LogP contribution in [0.4, 0.5) is 5.82 Å². The predicted octanol–water partition coefficient (Wildman–Crippen LogP) is 3.60. The molecular formula is C27H26N6O2. The van der Waals surface area contributed by atoms with E-state index in [2.05, 4.69) is 30.9 Å². The molecule has 2 amide bonds. The van der Waals surface area contributed by atoms with E-state index in [1.165, 1.54) is 6.33 Å². The number of anilines is 1. The van der Waals surface area contributed by atoms with E-state index >= 15 is 0 Å². The van der Waals surface area contributed by atoms with Crippen molar-refractivity contribution in [1.82, 2.24) is 25.6 Å². The Morgan fingerprint density at radius 2 is 1.80 bits per heavy atom. The fourth-order valence-electron chi connectivity index (χ4n) is 4.00. The van der Waals surface area contributed by atoms with E-state index in [1.807, 2.05) is 48.5 Å². The summed E-state index contributed by atoms with van der Waals surface area (Å²) in [6, 6.07) is 17.3. The number of carbonyl (C=O) groups is 2. The molecule has 2 aromatic carbocycles. The molecule has 1 fully saturated rings. The van der Waals surface area contributed by atoms with Crippen molar-refractivity contribution >= 4 is 28.5 Å². The van der Waals surface area contributed by atoms with Gasteiger partial charge in [0, 0.05) is 48.4 Å². The lowest BCUT2D eigenvalue weighted by Crippen LogP contribution is -2.25. The molecule has 4 aromatic rings. The number of fused-ring (bicyclic) bond motifs is 1. The van der Waals surface area contributed by atoms with Crippen molar-refractivity contribution in [1.29, 1.82) is 0 Å². The minimum atomic E-state index is -0.127. The lowest BCUT2D eigenvalue weighted by Gasteiger charge is -2.11. The number of benzene rings is 2. The summed E-state index contributed by atoms with van der Waals surface area (Å²) in [5, 5.41) is 9.87. The number of nitrogens with one attached hydrogen (secondary N) is 3. The molecule has 0 radical (unpaired) electrons. The zero-order valence-corrected chi connectivity index (χ0v) is 19.4. The molecule has 5 rings (SSSR count). The van der Waals surface area contributed by atoms with E-state index in [9.17, 15) is 9.59 Å². The molecule has 2 aromatic heterocycles. The van der Waals surface area contributed by atoms with Gasteiger partial charge in [0.05, 0.1) is 16.8 Å². The van der Waals surface area contributed by atoms with Crippen LogP contribution in [0, 0.1) is 0 Å². The van der Waals surface area contributed by atoms with Gasteiger partial charge in [0.2, 0.25) is 0 Å². The first-order valence-corrected chi connectivity index (χ1v) is 11.7. The van der Waals surface area contributed by atoms with Gasteiger partial charge in [0.15, 0.2) is 0 Å². The largest absolute Gasteiger partial charge is 0.370 e. The summed E-state index contributed by atoms with van der Waals surface area (Å²) in [7, 11) is 1.62. The van der Waals surface area contributed by atoms with E-state index in [0.717, 1.165) is 40.6 Å². The van der Waals surface area contributed by atoms with Crippen LogP contribution in [0.1, 0.15) is 39.1 Å². The number of hydrogen-bond acceptors (Lipinski definition) is 6. The Labute approximate surface area is 203 Å². The second kappa shape index (κ2) is 9.89. The average molecular weight is 467 g/mol. The number of rotatable bonds is 8. The monoisotopic (exact) mass is 466 g/mol. The fraction of sp³-hybridized carbons (Fsp3) is 0.222. The molecule has 1 aliphatic carbocycles. The van der Waals surface area contributed by atoms with E-state index < -0.39 is 0 Å². The highest BCUT2D eigenvalue weighted by molar-refractivity contribution is 6.06. The second-order valence-electron chi connectivity index (χ2n) is 8.54. The maximum atomic E-state index is 12.2. The molecule has 2 heterocycles. The van der Waals surface area contributed by atoms with Crippen molar-refractivity contribution in [3.05, 3.63) is 83.8 Å². The summed E-state index contributed by atoms with van der Waals surface area (Å²) in [6.45, 7) is 0.641. The number of nitrogens with zero attached hydrogens (tertiary/aromatic N) is 3. The molecule has 3 N–H and O–H groups in total. The van der Waals surface area contributed by atoms with Gasteiger partial charge < -0.3 is 16.0 Å². The van der Waals surface area contributed by atoms with Crippen LogP contribution in [-0.2, 0) is 6.42 Å². The maximum Gasteiger partial charge on any atom is 0.251 e. The van der Waals surface area contributed by atoms with Crippen molar-refractivity contribution in [2.45, 2.75) is 25.3 Å². The Bertz CT molecular complexity index is 1380. The molecule has 0 spiro atoms. The third kappa shape index (κ3) is 5.11. The van der Waals surface area contributed by atoms with Gasteiger partial charge in [-0.05, 0) is 43.0 Å². The van der Waals surface area contributed by atoms with Crippen LogP contribution in [0.3, 0.4) is 0 Å². The standard InChI is InChI=1S/C27H26N6O2/c1-28-27(35)22-12-14-30-25-18(3-2-4-21(22)25)11-13-29-24-15-23(31-16-32-24)17-5-7-19(8-6-17)26(34)33-20-9-10-20/h2-8,12,14-16,20H,9-11,13H2,1H3,(H,28,35)(H,33,34)(H,29,31,32). The van der Waals surface area contributed by atoms with Crippen LogP contribution < -0.4 is 16.0 Å². The molecule has 176 valence electrons. The van der Waals surface area contributed by atoms with E-state index in [-0.39, 0.29) is 11.8 Å². The maximum absolute atomic E-state index is 12.2. The van der Waals surface area contributed by atoms with Gasteiger partial charge in [0.25, 0.3) is 11.8 Å². The summed E-state index contributed by atoms with van der Waals surface area (Å²) >= 11 is 0. The molecule has 8 heteroatoms. The van der Waals surface area contributed by atoms with Crippen LogP contribution in [0.2, 0.25) is 0 Å². The molecule has 0 bridgehead atoms. The Hall–Kier alpha value is -4.33. The van der Waals surface area contributed by atoms with Gasteiger partial charge in [-0.25, -0.2) is 9.97 Å². The summed E-state index contributed by atoms with van der Waals surface area (Å²) in [4.78, 5) is 37.6. The van der Waals surface area contributed by atoms with Crippen LogP contribution in [-0.4, -0.2) is 46.4 Å². The van der Waals surface area contributed by atoms with Gasteiger partial charge in [-0.2, -0.15) is 0 Å². The number of aromatic nitrogens is 3. The molecule has 0 unspecified atom stereocenters. The van der Waals surface area contributed by atoms with Crippen molar-refractivity contribution in [3.8, 4) is 11.3 Å². The van der Waals surface area contributed by atoms with Crippen molar-refractivity contribution in [3.63, 3.8) is 0 Å². The Kier molecular flexibility index (Phi) is 6.34. The number of para-hydroxylation sites is 1. The van der Waals surface area contributed by atoms with Gasteiger partial charge in [-0.3, -0.25) is 14.6 Å². The zero-order chi connectivity index (χ0) is 24.2. The van der Waals surface area contributed by atoms with E-state index in [4.69, 9.17) is 0 Å². The highest BCUT2D eigenvalue weighted by atomic mass is 16.2. The minimum absolute atomic E-state index is 0.0329. The van der Waals surface area contributed by atoms with E-state index in [1.54, 1.807) is 19.3 Å². The quantitative estimate of drug-likeness (QED) is 0.366. The van der Waals surface area contributed by atoms with Crippen LogP contribution in [0.15, 0.2) is 67.1 Å². The molecule has 0 saturated heterocycles. The highest BCUT2D eigenvalue weighted by Gasteiger charge is 2.23. The molecule has 35 heavy (non-hydrogen) atoms. The number of amides is 2. The lowest BCUT2D eigenvalue weighted by atomic mass is 10.0. The topological polar surface area (TPSA) is 109 Å². The SMILES string of the molecule is CNC(=O)c1ccnc2c(CCNc3cc(-c4ccc(C(=O)NC5CC5)cc4)ncn3)cccc12. The van der Waals surface area contributed by atoms with Gasteiger partial charge in [-0.15, -0.1) is 0 Å². The van der Waals surface area contributed by atoms with Crippen LogP contribution in [0.5, 0.6) is 0 Å². The Balaban J connectivity index is 1.26. The minimum Gasteiger partial charge on any atom is -0.370 e. The zero-order valence-electron chi connectivity index (χ0n) is 19.4. The fourth-order valence-corrected chi connectivity index (χ4v) is 4.00. The molecular weight excluding hydrogens is 440 g/mol. The molecule has 1 aliphatic rings. The normalized spacial score (nSPS) is 12.8. The van der Waals surface area contributed by atoms with Crippen LogP contribution >= 0.6 is 0 Å². The Morgan fingerprint density at radius 1 is 0.971 bits per heavy atom. The van der Waals surface area contributed by atoms with Crippen molar-refractivity contribution < 1.29 is 9.59 Å². The Morgan fingerprint density at radius 3 is 2.57 bits per heavy atom. The number of carbonyl (C=O) groups excluding carboxylic acids is 2. The average Bonchev–Trinajstić information content (AvgIpc) is 3.72. The smallest absolute Gasteiger partial charge is 0.251 e. The highest BCUT2D eigenvalue weighted by Crippen LogP contribution is 2.23. The van der Waals surface area contributed by atoms with Crippen molar-refractivity contribution in [2.75, 3.05) is 18.9 Å². The summed E-state index contributed by atoms with van der Waals surface area (Å²) in [5.41, 5.74) is 4.83.